The molecule has 0 saturated carbocycles. The molecule has 1 heterocycles. The van der Waals surface area contributed by atoms with Crippen LogP contribution in [-0.4, -0.2) is 35.0 Å². The Balaban J connectivity index is 0.00000121. The third-order valence-corrected chi connectivity index (χ3v) is 1.84. The van der Waals surface area contributed by atoms with Crippen LogP contribution in [0.25, 0.3) is 0 Å². The molecule has 0 fully saturated rings. The lowest BCUT2D eigenvalue weighted by Crippen LogP contribution is -2.42. The molecule has 0 aliphatic carbocycles. The van der Waals surface area contributed by atoms with Crippen molar-refractivity contribution in [2.24, 2.45) is 0 Å². The van der Waals surface area contributed by atoms with Crippen molar-refractivity contribution in [2.45, 2.75) is 33.2 Å². The lowest BCUT2D eigenvalue weighted by Gasteiger charge is -2.13. The third-order valence-electron chi connectivity index (χ3n) is 1.84. The first-order valence-electron chi connectivity index (χ1n) is 5.45. The number of hydrogen-bond donors (Lipinski definition) is 2. The molecule has 17 heavy (non-hydrogen) atoms. The highest BCUT2D eigenvalue weighted by Crippen LogP contribution is 2.00. The van der Waals surface area contributed by atoms with Crippen LogP contribution >= 0.6 is 0 Å². The van der Waals surface area contributed by atoms with Gasteiger partial charge in [0.05, 0.1) is 13.4 Å². The van der Waals surface area contributed by atoms with E-state index in [4.69, 9.17) is 0 Å². The average Bonchev–Trinajstić information content (AvgIpc) is 2.82. The Hall–Kier alpha value is -1.85. The highest BCUT2D eigenvalue weighted by Gasteiger charge is 2.20. The number of esters is 1. The standard InChI is InChI=1S/C9H13N3O3.C2H6/c1-6(13)12-8(9(14)15-2)3-7-4-10-5-11-7;1-2/h4-5,8H,3H2,1-2H3,(H,10,11)(H,12,13);1-2H3. The summed E-state index contributed by atoms with van der Waals surface area (Å²) in [7, 11) is 1.28. The number of aromatic amines is 1. The van der Waals surface area contributed by atoms with E-state index in [9.17, 15) is 9.59 Å². The number of H-pyrrole nitrogens is 1. The van der Waals surface area contributed by atoms with E-state index in [-0.39, 0.29) is 5.91 Å². The summed E-state index contributed by atoms with van der Waals surface area (Å²) in [6.45, 7) is 5.35. The Bertz CT molecular complexity index is 336. The number of methoxy groups -OCH3 is 1. The second-order valence-electron chi connectivity index (χ2n) is 3.06. The second-order valence-corrected chi connectivity index (χ2v) is 3.06. The topological polar surface area (TPSA) is 84.1 Å². The summed E-state index contributed by atoms with van der Waals surface area (Å²) in [5.41, 5.74) is 0.763. The SMILES string of the molecule is CC.COC(=O)C(Cc1cnc[nH]1)NC(C)=O. The fourth-order valence-electron chi connectivity index (χ4n) is 1.20. The van der Waals surface area contributed by atoms with Gasteiger partial charge in [0, 0.05) is 25.2 Å². The number of carbonyl (C=O) groups excluding carboxylic acids is 2. The van der Waals surface area contributed by atoms with E-state index in [0.717, 1.165) is 5.69 Å². The minimum absolute atomic E-state index is 0.273. The number of aromatic nitrogens is 2. The first kappa shape index (κ1) is 15.2. The average molecular weight is 241 g/mol. The van der Waals surface area contributed by atoms with Gasteiger partial charge in [-0.1, -0.05) is 13.8 Å². The van der Waals surface area contributed by atoms with E-state index in [2.05, 4.69) is 20.0 Å². The van der Waals surface area contributed by atoms with Gasteiger partial charge in [-0.05, 0) is 0 Å². The van der Waals surface area contributed by atoms with E-state index in [1.54, 1.807) is 6.20 Å². The quantitative estimate of drug-likeness (QED) is 0.758. The molecule has 1 unspecified atom stereocenters. The van der Waals surface area contributed by atoms with Crippen molar-refractivity contribution < 1.29 is 14.3 Å². The maximum Gasteiger partial charge on any atom is 0.328 e. The predicted octanol–water partition coefficient (Wildman–Crippen LogP) is 0.656. The van der Waals surface area contributed by atoms with Gasteiger partial charge in [0.1, 0.15) is 6.04 Å². The van der Waals surface area contributed by atoms with E-state index in [1.165, 1.54) is 20.4 Å². The van der Waals surface area contributed by atoms with E-state index >= 15 is 0 Å². The normalized spacial score (nSPS) is 10.8. The van der Waals surface area contributed by atoms with Gasteiger partial charge >= 0.3 is 5.97 Å². The van der Waals surface area contributed by atoms with Crippen molar-refractivity contribution in [2.75, 3.05) is 7.11 Å². The minimum Gasteiger partial charge on any atom is -0.467 e. The molecular weight excluding hydrogens is 222 g/mol. The van der Waals surface area contributed by atoms with E-state index < -0.39 is 12.0 Å². The van der Waals surface area contributed by atoms with Gasteiger partial charge in [-0.25, -0.2) is 9.78 Å². The zero-order valence-electron chi connectivity index (χ0n) is 10.6. The molecule has 0 radical (unpaired) electrons. The monoisotopic (exact) mass is 241 g/mol. The summed E-state index contributed by atoms with van der Waals surface area (Å²) in [5, 5.41) is 2.51. The zero-order valence-corrected chi connectivity index (χ0v) is 10.6. The Kier molecular flexibility index (Phi) is 7.41. The molecule has 1 amide bonds. The molecule has 0 aliphatic heterocycles. The molecule has 0 spiro atoms. The number of hydrogen-bond acceptors (Lipinski definition) is 4. The molecule has 1 atom stereocenters. The molecule has 96 valence electrons. The first-order chi connectivity index (χ1) is 8.13. The number of amides is 1. The lowest BCUT2D eigenvalue weighted by atomic mass is 10.1. The molecule has 0 aromatic carbocycles. The van der Waals surface area contributed by atoms with Crippen molar-refractivity contribution >= 4 is 11.9 Å². The maximum atomic E-state index is 11.3. The van der Waals surface area contributed by atoms with Gasteiger partial charge in [0.25, 0.3) is 0 Å². The highest BCUT2D eigenvalue weighted by atomic mass is 16.5. The van der Waals surface area contributed by atoms with E-state index in [1.807, 2.05) is 13.8 Å². The van der Waals surface area contributed by atoms with Crippen LogP contribution in [0.2, 0.25) is 0 Å². The number of nitrogens with zero attached hydrogens (tertiary/aromatic N) is 1. The fourth-order valence-corrected chi connectivity index (χ4v) is 1.20. The molecule has 0 aliphatic rings. The number of ether oxygens (including phenoxy) is 1. The first-order valence-corrected chi connectivity index (χ1v) is 5.45. The van der Waals surface area contributed by atoms with Crippen molar-refractivity contribution in [1.82, 2.24) is 15.3 Å². The van der Waals surface area contributed by atoms with Gasteiger partial charge < -0.3 is 15.0 Å². The lowest BCUT2D eigenvalue weighted by molar-refractivity contribution is -0.144. The van der Waals surface area contributed by atoms with Crippen molar-refractivity contribution in [3.8, 4) is 0 Å². The number of carbonyl (C=O) groups is 2. The highest BCUT2D eigenvalue weighted by molar-refractivity contribution is 5.83. The predicted molar refractivity (Wildman–Crippen MR) is 63.3 cm³/mol. The largest absolute Gasteiger partial charge is 0.467 e. The molecule has 1 aromatic rings. The number of imidazole rings is 1. The molecule has 6 nitrogen and oxygen atoms in total. The van der Waals surface area contributed by atoms with Crippen LogP contribution in [0.15, 0.2) is 12.5 Å². The zero-order chi connectivity index (χ0) is 13.3. The molecule has 0 bridgehead atoms. The van der Waals surface area contributed by atoms with Crippen LogP contribution in [0, 0.1) is 0 Å². The van der Waals surface area contributed by atoms with Crippen LogP contribution < -0.4 is 5.32 Å². The maximum absolute atomic E-state index is 11.3. The van der Waals surface area contributed by atoms with Gasteiger partial charge in [0.15, 0.2) is 0 Å². The van der Waals surface area contributed by atoms with Gasteiger partial charge in [-0.2, -0.15) is 0 Å². The third kappa shape index (κ3) is 5.70. The molecule has 6 heteroatoms. The van der Waals surface area contributed by atoms with Crippen LogP contribution in [0.1, 0.15) is 26.5 Å². The summed E-state index contributed by atoms with van der Waals surface area (Å²) >= 11 is 0. The van der Waals surface area contributed by atoms with Crippen molar-refractivity contribution in [1.29, 1.82) is 0 Å². The molecule has 1 rings (SSSR count). The molecule has 0 saturated heterocycles. The van der Waals surface area contributed by atoms with Crippen LogP contribution in [0.3, 0.4) is 0 Å². The van der Waals surface area contributed by atoms with Crippen molar-refractivity contribution in [3.63, 3.8) is 0 Å². The number of rotatable bonds is 4. The summed E-state index contributed by atoms with van der Waals surface area (Å²) in [6.07, 6.45) is 3.45. The van der Waals surface area contributed by atoms with Crippen molar-refractivity contribution in [3.05, 3.63) is 18.2 Å². The van der Waals surface area contributed by atoms with Crippen LogP contribution in [0.4, 0.5) is 0 Å². The Labute approximate surface area is 101 Å². The van der Waals surface area contributed by atoms with E-state index in [0.29, 0.717) is 6.42 Å². The minimum atomic E-state index is -0.673. The smallest absolute Gasteiger partial charge is 0.328 e. The summed E-state index contributed by atoms with van der Waals surface area (Å²) < 4.78 is 4.57. The number of nitrogens with one attached hydrogen (secondary N) is 2. The summed E-state index contributed by atoms with van der Waals surface area (Å²) in [4.78, 5) is 28.8. The van der Waals surface area contributed by atoms with Crippen LogP contribution in [0.5, 0.6) is 0 Å². The Morgan fingerprint density at radius 3 is 2.59 bits per heavy atom. The molecule has 1 aromatic heterocycles. The Morgan fingerprint density at radius 2 is 2.18 bits per heavy atom. The fraction of sp³-hybridized carbons (Fsp3) is 0.545. The van der Waals surface area contributed by atoms with Crippen LogP contribution in [-0.2, 0) is 20.7 Å². The molecule has 2 N–H and O–H groups in total. The Morgan fingerprint density at radius 1 is 1.53 bits per heavy atom. The summed E-state index contributed by atoms with van der Waals surface area (Å²) in [6, 6.07) is -0.673. The molecular formula is C11H19N3O3. The van der Waals surface area contributed by atoms with Gasteiger partial charge in [-0.15, -0.1) is 0 Å². The second kappa shape index (κ2) is 8.32. The van der Waals surface area contributed by atoms with Gasteiger partial charge in [-0.3, -0.25) is 4.79 Å². The summed E-state index contributed by atoms with van der Waals surface area (Å²) in [5.74, 6) is -0.746. The van der Waals surface area contributed by atoms with Gasteiger partial charge in [0.2, 0.25) is 5.91 Å².